The van der Waals surface area contributed by atoms with Crippen molar-refractivity contribution in [3.8, 4) is 0 Å². The van der Waals surface area contributed by atoms with Gasteiger partial charge >= 0.3 is 5.97 Å². The Morgan fingerprint density at radius 2 is 2.10 bits per heavy atom. The lowest BCUT2D eigenvalue weighted by Gasteiger charge is -2.02. The van der Waals surface area contributed by atoms with Crippen LogP contribution in [0.15, 0.2) is 34.9 Å². The number of aryl methyl sites for hydroxylation is 1. The molecule has 0 spiro atoms. The Labute approximate surface area is 123 Å². The number of fused-ring (bicyclic) bond motifs is 1. The number of thiophene rings is 1. The summed E-state index contributed by atoms with van der Waals surface area (Å²) in [6.45, 7) is 1.73. The van der Waals surface area contributed by atoms with Crippen LogP contribution in [0.1, 0.15) is 25.9 Å². The van der Waals surface area contributed by atoms with E-state index < -0.39 is 11.9 Å². The van der Waals surface area contributed by atoms with E-state index in [1.165, 1.54) is 11.3 Å². The molecule has 2 aromatic heterocycles. The van der Waals surface area contributed by atoms with Crippen LogP contribution in [0, 0.1) is 6.92 Å². The lowest BCUT2D eigenvalue weighted by atomic mass is 10.2. The molecule has 106 valence electrons. The Hall–Kier alpha value is -2.67. The van der Waals surface area contributed by atoms with E-state index in [1.54, 1.807) is 37.3 Å². The minimum atomic E-state index is -0.959. The Balaban J connectivity index is 1.87. The van der Waals surface area contributed by atoms with Gasteiger partial charge in [-0.2, -0.15) is 0 Å². The van der Waals surface area contributed by atoms with Gasteiger partial charge in [-0.3, -0.25) is 4.79 Å². The van der Waals surface area contributed by atoms with Gasteiger partial charge in [0.25, 0.3) is 5.91 Å². The maximum absolute atomic E-state index is 11.9. The number of benzene rings is 1. The first-order valence-electron chi connectivity index (χ1n) is 6.04. The van der Waals surface area contributed by atoms with E-state index in [4.69, 9.17) is 9.63 Å². The zero-order chi connectivity index (χ0) is 15.0. The molecule has 0 radical (unpaired) electrons. The molecule has 3 rings (SSSR count). The molecular weight excluding hydrogens is 292 g/mol. The summed E-state index contributed by atoms with van der Waals surface area (Å²) in [5.41, 5.74) is 1.19. The largest absolute Gasteiger partial charge is 0.477 e. The van der Waals surface area contributed by atoms with E-state index in [-0.39, 0.29) is 10.6 Å². The van der Waals surface area contributed by atoms with Crippen molar-refractivity contribution in [1.29, 1.82) is 0 Å². The summed E-state index contributed by atoms with van der Waals surface area (Å²) in [6, 6.07) is 8.33. The Bertz CT molecular complexity index is 850. The topological polar surface area (TPSA) is 92.4 Å². The highest BCUT2D eigenvalue weighted by Gasteiger charge is 2.13. The molecule has 0 bridgehead atoms. The van der Waals surface area contributed by atoms with Gasteiger partial charge in [0.2, 0.25) is 5.76 Å². The number of carbonyl (C=O) groups excluding carboxylic acids is 1. The van der Waals surface area contributed by atoms with Crippen LogP contribution in [0.2, 0.25) is 0 Å². The Kier molecular flexibility index (Phi) is 3.19. The van der Waals surface area contributed by atoms with E-state index in [2.05, 4.69) is 10.5 Å². The second kappa shape index (κ2) is 5.02. The molecule has 0 aliphatic heterocycles. The number of nitrogens with zero attached hydrogens (tertiary/aromatic N) is 1. The minimum absolute atomic E-state index is 0.129. The Morgan fingerprint density at radius 3 is 2.76 bits per heavy atom. The number of carbonyl (C=O) groups is 2. The lowest BCUT2D eigenvalue weighted by molar-refractivity contribution is 0.0702. The quantitative estimate of drug-likeness (QED) is 0.775. The molecule has 21 heavy (non-hydrogen) atoms. The second-order valence-electron chi connectivity index (χ2n) is 4.46. The molecule has 0 fully saturated rings. The predicted octanol–water partition coefficient (Wildman–Crippen LogP) is 3.15. The third-order valence-corrected chi connectivity index (χ3v) is 3.94. The predicted molar refractivity (Wildman–Crippen MR) is 78.0 cm³/mol. The molecule has 6 nitrogen and oxygen atoms in total. The molecule has 3 aromatic rings. The molecule has 1 amide bonds. The number of rotatable bonds is 3. The molecule has 7 heteroatoms. The lowest BCUT2D eigenvalue weighted by Crippen LogP contribution is -2.10. The third kappa shape index (κ3) is 2.63. The number of aromatic nitrogens is 1. The zero-order valence-corrected chi connectivity index (χ0v) is 11.7. The van der Waals surface area contributed by atoms with Gasteiger partial charge in [0.1, 0.15) is 4.88 Å². The van der Waals surface area contributed by atoms with Gasteiger partial charge < -0.3 is 14.9 Å². The van der Waals surface area contributed by atoms with Crippen molar-refractivity contribution in [3.63, 3.8) is 0 Å². The van der Waals surface area contributed by atoms with Gasteiger partial charge in [0.15, 0.2) is 0 Å². The van der Waals surface area contributed by atoms with Gasteiger partial charge in [0.05, 0.1) is 5.69 Å². The molecule has 1 aromatic carbocycles. The van der Waals surface area contributed by atoms with E-state index >= 15 is 0 Å². The van der Waals surface area contributed by atoms with Crippen LogP contribution in [0.5, 0.6) is 0 Å². The fourth-order valence-corrected chi connectivity index (χ4v) is 2.77. The fourth-order valence-electron chi connectivity index (χ4n) is 1.89. The van der Waals surface area contributed by atoms with Crippen molar-refractivity contribution in [2.24, 2.45) is 0 Å². The number of hydrogen-bond acceptors (Lipinski definition) is 5. The van der Waals surface area contributed by atoms with E-state index in [9.17, 15) is 9.59 Å². The van der Waals surface area contributed by atoms with Crippen LogP contribution >= 0.6 is 11.3 Å². The summed E-state index contributed by atoms with van der Waals surface area (Å²) in [5.74, 6) is -1.23. The van der Waals surface area contributed by atoms with Gasteiger partial charge in [-0.15, -0.1) is 11.3 Å². The van der Waals surface area contributed by atoms with Crippen molar-refractivity contribution >= 4 is 39.0 Å². The number of nitrogens with one attached hydrogen (secondary N) is 1. The van der Waals surface area contributed by atoms with Crippen LogP contribution in [-0.2, 0) is 0 Å². The summed E-state index contributed by atoms with van der Waals surface area (Å²) in [6.07, 6.45) is 0. The fraction of sp³-hybridized carbons (Fsp3) is 0.0714. The van der Waals surface area contributed by atoms with Crippen molar-refractivity contribution in [2.45, 2.75) is 6.92 Å². The number of anilines is 1. The SMILES string of the molecule is Cc1cc(C(=O)Nc2ccc3sc(C(=O)O)cc3c2)on1. The molecule has 2 N–H and O–H groups in total. The first-order chi connectivity index (χ1) is 10.0. The van der Waals surface area contributed by atoms with Crippen molar-refractivity contribution in [3.05, 3.63) is 46.7 Å². The van der Waals surface area contributed by atoms with Crippen LogP contribution in [0.25, 0.3) is 10.1 Å². The molecule has 0 aliphatic carbocycles. The average molecular weight is 302 g/mol. The zero-order valence-electron chi connectivity index (χ0n) is 10.9. The van der Waals surface area contributed by atoms with E-state index in [0.29, 0.717) is 11.4 Å². The maximum Gasteiger partial charge on any atom is 0.345 e. The Morgan fingerprint density at radius 1 is 1.29 bits per heavy atom. The van der Waals surface area contributed by atoms with Crippen molar-refractivity contribution in [1.82, 2.24) is 5.16 Å². The molecule has 0 saturated carbocycles. The van der Waals surface area contributed by atoms with Crippen molar-refractivity contribution < 1.29 is 19.2 Å². The number of aromatic carboxylic acids is 1. The summed E-state index contributed by atoms with van der Waals surface area (Å²) >= 11 is 1.19. The van der Waals surface area contributed by atoms with Crippen LogP contribution in [-0.4, -0.2) is 22.1 Å². The van der Waals surface area contributed by atoms with Gasteiger partial charge in [-0.1, -0.05) is 5.16 Å². The number of carboxylic acids is 1. The summed E-state index contributed by atoms with van der Waals surface area (Å²) in [5, 5.41) is 16.1. The molecule has 2 heterocycles. The molecule has 0 saturated heterocycles. The number of amides is 1. The maximum atomic E-state index is 11.9. The monoisotopic (exact) mass is 302 g/mol. The van der Waals surface area contributed by atoms with E-state index in [0.717, 1.165) is 10.1 Å². The molecule has 0 unspecified atom stereocenters. The van der Waals surface area contributed by atoms with E-state index in [1.807, 2.05) is 0 Å². The van der Waals surface area contributed by atoms with Crippen molar-refractivity contribution in [2.75, 3.05) is 5.32 Å². The number of carboxylic acid groups (broad SMARTS) is 1. The highest BCUT2D eigenvalue weighted by molar-refractivity contribution is 7.20. The molecule has 0 atom stereocenters. The second-order valence-corrected chi connectivity index (χ2v) is 5.54. The third-order valence-electron chi connectivity index (χ3n) is 2.84. The standard InChI is InChI=1S/C14H10N2O4S/c1-7-4-10(20-16-7)13(17)15-9-2-3-11-8(5-9)6-12(21-11)14(18)19/h2-6H,1H3,(H,15,17)(H,18,19). The highest BCUT2D eigenvalue weighted by atomic mass is 32.1. The highest BCUT2D eigenvalue weighted by Crippen LogP contribution is 2.28. The van der Waals surface area contributed by atoms with Gasteiger partial charge in [-0.25, -0.2) is 4.79 Å². The van der Waals surface area contributed by atoms with Gasteiger partial charge in [0, 0.05) is 16.5 Å². The minimum Gasteiger partial charge on any atom is -0.477 e. The number of hydrogen-bond donors (Lipinski definition) is 2. The smallest absolute Gasteiger partial charge is 0.345 e. The van der Waals surface area contributed by atoms with Gasteiger partial charge in [-0.05, 0) is 36.6 Å². The molecule has 0 aliphatic rings. The first-order valence-corrected chi connectivity index (χ1v) is 6.86. The summed E-state index contributed by atoms with van der Waals surface area (Å²) < 4.78 is 5.73. The first kappa shape index (κ1) is 13.3. The normalized spacial score (nSPS) is 10.7. The van der Waals surface area contributed by atoms with Crippen LogP contribution < -0.4 is 5.32 Å². The summed E-state index contributed by atoms with van der Waals surface area (Å²) in [7, 11) is 0. The van der Waals surface area contributed by atoms with Crippen LogP contribution in [0.3, 0.4) is 0 Å². The average Bonchev–Trinajstić information content (AvgIpc) is 3.04. The summed E-state index contributed by atoms with van der Waals surface area (Å²) in [4.78, 5) is 23.1. The molecular formula is C14H10N2O4S. The van der Waals surface area contributed by atoms with Crippen LogP contribution in [0.4, 0.5) is 5.69 Å².